The van der Waals surface area contributed by atoms with E-state index in [-0.39, 0.29) is 5.41 Å². The Labute approximate surface area is 89.5 Å². The van der Waals surface area contributed by atoms with Crippen LogP contribution in [-0.2, 0) is 5.41 Å². The maximum Gasteiger partial charge on any atom is 0.141 e. The monoisotopic (exact) mass is 204 g/mol. The lowest BCUT2D eigenvalue weighted by Crippen LogP contribution is -2.11. The van der Waals surface area contributed by atoms with Crippen LogP contribution in [0.1, 0.15) is 31.9 Å². The first-order valence-corrected chi connectivity index (χ1v) is 5.11. The van der Waals surface area contributed by atoms with E-state index in [1.165, 1.54) is 0 Å². The Morgan fingerprint density at radius 3 is 2.47 bits per heavy atom. The average molecular weight is 204 g/mol. The first kappa shape index (κ1) is 10.1. The van der Waals surface area contributed by atoms with E-state index in [0.29, 0.717) is 5.75 Å². The Hall–Kier alpha value is -1.44. The van der Waals surface area contributed by atoms with Crippen LogP contribution < -0.4 is 0 Å². The fraction of sp³-hybridized carbons (Fsp3) is 0.385. The molecule has 1 aromatic carbocycles. The summed E-state index contributed by atoms with van der Waals surface area (Å²) in [6.07, 6.45) is 1.69. The Morgan fingerprint density at radius 1 is 1.20 bits per heavy atom. The van der Waals surface area contributed by atoms with Crippen molar-refractivity contribution >= 4 is 11.0 Å². The molecule has 0 amide bonds. The van der Waals surface area contributed by atoms with E-state index in [1.807, 2.05) is 13.0 Å². The molecule has 2 aromatic rings. The Balaban J connectivity index is 2.85. The van der Waals surface area contributed by atoms with E-state index >= 15 is 0 Å². The first-order chi connectivity index (χ1) is 6.91. The van der Waals surface area contributed by atoms with Crippen molar-refractivity contribution in [3.8, 4) is 5.75 Å². The number of phenolic OH excluding ortho intramolecular Hbond substituents is 1. The summed E-state index contributed by atoms with van der Waals surface area (Å²) in [7, 11) is 0. The zero-order valence-corrected chi connectivity index (χ0v) is 9.59. The van der Waals surface area contributed by atoms with Crippen molar-refractivity contribution < 1.29 is 9.52 Å². The summed E-state index contributed by atoms with van der Waals surface area (Å²) in [6.45, 7) is 8.35. The minimum Gasteiger partial charge on any atom is -0.507 e. The average Bonchev–Trinajstić information content (AvgIpc) is 2.47. The van der Waals surface area contributed by atoms with Gasteiger partial charge in [0.2, 0.25) is 0 Å². The van der Waals surface area contributed by atoms with Gasteiger partial charge >= 0.3 is 0 Å². The minimum atomic E-state index is 0.0241. The summed E-state index contributed by atoms with van der Waals surface area (Å²) < 4.78 is 5.53. The summed E-state index contributed by atoms with van der Waals surface area (Å²) in [5.74, 6) is 0.296. The molecular weight excluding hydrogens is 188 g/mol. The highest BCUT2D eigenvalue weighted by molar-refractivity contribution is 5.90. The highest BCUT2D eigenvalue weighted by Crippen LogP contribution is 2.37. The number of phenols is 1. The summed E-state index contributed by atoms with van der Waals surface area (Å²) >= 11 is 0. The molecule has 0 radical (unpaired) electrons. The molecule has 0 atom stereocenters. The molecule has 0 bridgehead atoms. The lowest BCUT2D eigenvalue weighted by Gasteiger charge is -2.19. The van der Waals surface area contributed by atoms with Crippen molar-refractivity contribution in [1.82, 2.24) is 0 Å². The van der Waals surface area contributed by atoms with Crippen molar-refractivity contribution in [3.05, 3.63) is 29.5 Å². The summed E-state index contributed by atoms with van der Waals surface area (Å²) in [5.41, 5.74) is 2.94. The molecule has 0 spiro atoms. The van der Waals surface area contributed by atoms with Gasteiger partial charge in [-0.3, -0.25) is 0 Å². The topological polar surface area (TPSA) is 33.4 Å². The molecule has 2 rings (SSSR count). The number of furan rings is 1. The summed E-state index contributed by atoms with van der Waals surface area (Å²) in [5, 5.41) is 10.6. The zero-order chi connectivity index (χ0) is 11.2. The van der Waals surface area contributed by atoms with E-state index in [0.717, 1.165) is 22.1 Å². The van der Waals surface area contributed by atoms with E-state index in [9.17, 15) is 5.11 Å². The standard InChI is InChI=1S/C13H16O2/c1-8-7-15-12-9(13(2,3)4)5-6-10(14)11(8)12/h5-7,14H,1-4H3. The van der Waals surface area contributed by atoms with Gasteiger partial charge in [0.1, 0.15) is 11.3 Å². The fourth-order valence-corrected chi connectivity index (χ4v) is 1.87. The van der Waals surface area contributed by atoms with Gasteiger partial charge in [-0.2, -0.15) is 0 Å². The molecule has 2 heteroatoms. The van der Waals surface area contributed by atoms with Gasteiger partial charge in [0, 0.05) is 5.56 Å². The van der Waals surface area contributed by atoms with Gasteiger partial charge < -0.3 is 9.52 Å². The molecule has 1 heterocycles. The predicted octanol–water partition coefficient (Wildman–Crippen LogP) is 3.74. The third-order valence-electron chi connectivity index (χ3n) is 2.69. The maximum atomic E-state index is 9.77. The maximum absolute atomic E-state index is 9.77. The molecule has 0 unspecified atom stereocenters. The molecule has 1 aromatic heterocycles. The second-order valence-corrected chi connectivity index (χ2v) is 5.01. The van der Waals surface area contributed by atoms with Crippen LogP contribution in [0.25, 0.3) is 11.0 Å². The Morgan fingerprint density at radius 2 is 1.87 bits per heavy atom. The largest absolute Gasteiger partial charge is 0.507 e. The van der Waals surface area contributed by atoms with Crippen LogP contribution in [0.3, 0.4) is 0 Å². The smallest absolute Gasteiger partial charge is 0.141 e. The van der Waals surface area contributed by atoms with Crippen LogP contribution in [0, 0.1) is 6.92 Å². The number of hydrogen-bond donors (Lipinski definition) is 1. The van der Waals surface area contributed by atoms with Gasteiger partial charge in [-0.1, -0.05) is 26.8 Å². The third-order valence-corrected chi connectivity index (χ3v) is 2.69. The quantitative estimate of drug-likeness (QED) is 0.709. The second kappa shape index (κ2) is 3.02. The van der Waals surface area contributed by atoms with Gasteiger partial charge in [-0.25, -0.2) is 0 Å². The van der Waals surface area contributed by atoms with Crippen LogP contribution in [0.15, 0.2) is 22.8 Å². The van der Waals surface area contributed by atoms with Crippen molar-refractivity contribution in [2.45, 2.75) is 33.1 Å². The highest BCUT2D eigenvalue weighted by atomic mass is 16.3. The summed E-state index contributed by atoms with van der Waals surface area (Å²) in [6, 6.07) is 3.67. The van der Waals surface area contributed by atoms with Gasteiger partial charge in [0.15, 0.2) is 0 Å². The number of fused-ring (bicyclic) bond motifs is 1. The number of aromatic hydroxyl groups is 1. The van der Waals surface area contributed by atoms with Crippen molar-refractivity contribution in [2.75, 3.05) is 0 Å². The first-order valence-electron chi connectivity index (χ1n) is 5.11. The van der Waals surface area contributed by atoms with Crippen LogP contribution in [0.4, 0.5) is 0 Å². The van der Waals surface area contributed by atoms with Crippen LogP contribution in [-0.4, -0.2) is 5.11 Å². The molecule has 0 fully saturated rings. The third kappa shape index (κ3) is 1.50. The zero-order valence-electron chi connectivity index (χ0n) is 9.59. The van der Waals surface area contributed by atoms with Crippen LogP contribution in [0.2, 0.25) is 0 Å². The number of aryl methyl sites for hydroxylation is 1. The summed E-state index contributed by atoms with van der Waals surface area (Å²) in [4.78, 5) is 0. The fourth-order valence-electron chi connectivity index (χ4n) is 1.87. The van der Waals surface area contributed by atoms with E-state index in [2.05, 4.69) is 20.8 Å². The van der Waals surface area contributed by atoms with E-state index < -0.39 is 0 Å². The van der Waals surface area contributed by atoms with Gasteiger partial charge in [0.05, 0.1) is 11.6 Å². The molecule has 0 aliphatic rings. The van der Waals surface area contributed by atoms with Crippen molar-refractivity contribution in [3.63, 3.8) is 0 Å². The van der Waals surface area contributed by atoms with E-state index in [4.69, 9.17) is 4.42 Å². The molecule has 80 valence electrons. The Kier molecular flexibility index (Phi) is 2.03. The predicted molar refractivity (Wildman–Crippen MR) is 61.3 cm³/mol. The SMILES string of the molecule is Cc1coc2c(C(C)(C)C)ccc(O)c12. The van der Waals surface area contributed by atoms with Gasteiger partial charge in [-0.15, -0.1) is 0 Å². The van der Waals surface area contributed by atoms with Gasteiger partial charge in [-0.05, 0) is 24.0 Å². The molecule has 2 nitrogen and oxygen atoms in total. The molecule has 1 N–H and O–H groups in total. The van der Waals surface area contributed by atoms with Crippen molar-refractivity contribution in [2.24, 2.45) is 0 Å². The van der Waals surface area contributed by atoms with E-state index in [1.54, 1.807) is 12.3 Å². The lowest BCUT2D eigenvalue weighted by atomic mass is 9.86. The molecule has 15 heavy (non-hydrogen) atoms. The molecule has 0 saturated heterocycles. The lowest BCUT2D eigenvalue weighted by molar-refractivity contribution is 0.479. The highest BCUT2D eigenvalue weighted by Gasteiger charge is 2.21. The molecule has 0 aliphatic heterocycles. The molecular formula is C13H16O2. The van der Waals surface area contributed by atoms with Crippen LogP contribution in [0.5, 0.6) is 5.75 Å². The number of rotatable bonds is 0. The Bertz CT molecular complexity index is 501. The number of benzene rings is 1. The van der Waals surface area contributed by atoms with Crippen LogP contribution >= 0.6 is 0 Å². The van der Waals surface area contributed by atoms with Gasteiger partial charge in [0.25, 0.3) is 0 Å². The number of hydrogen-bond acceptors (Lipinski definition) is 2. The molecule has 0 saturated carbocycles. The minimum absolute atomic E-state index is 0.0241. The molecule has 0 aliphatic carbocycles. The second-order valence-electron chi connectivity index (χ2n) is 5.01. The normalized spacial score (nSPS) is 12.3. The van der Waals surface area contributed by atoms with Crippen molar-refractivity contribution in [1.29, 1.82) is 0 Å².